The summed E-state index contributed by atoms with van der Waals surface area (Å²) in [5.74, 6) is -0.225. The number of carbonyl (C=O) groups is 1. The molecule has 1 N–H and O–H groups in total. The van der Waals surface area contributed by atoms with Gasteiger partial charge in [-0.2, -0.15) is 0 Å². The van der Waals surface area contributed by atoms with Gasteiger partial charge in [0.2, 0.25) is 0 Å². The average molecular weight is 266 g/mol. The fourth-order valence-corrected chi connectivity index (χ4v) is 1.88. The van der Waals surface area contributed by atoms with Gasteiger partial charge in [0.1, 0.15) is 5.82 Å². The number of hydrogen-bond donors (Lipinski definition) is 1. The minimum absolute atomic E-state index is 0.122. The van der Waals surface area contributed by atoms with E-state index < -0.39 is 0 Å². The maximum atomic E-state index is 13.6. The van der Waals surface area contributed by atoms with Gasteiger partial charge in [-0.1, -0.05) is 24.3 Å². The molecule has 0 saturated heterocycles. The molecule has 2 aromatic carbocycles. The van der Waals surface area contributed by atoms with Gasteiger partial charge >= 0.3 is 0 Å². The van der Waals surface area contributed by atoms with Crippen molar-refractivity contribution in [2.45, 2.75) is 13.0 Å². The van der Waals surface area contributed by atoms with Gasteiger partial charge in [0.05, 0.1) is 0 Å². The summed E-state index contributed by atoms with van der Waals surface area (Å²) >= 11 is 5.65. The molecule has 2 nitrogen and oxygen atoms in total. The van der Waals surface area contributed by atoms with E-state index in [4.69, 9.17) is 11.6 Å². The molecule has 2 rings (SSSR count). The van der Waals surface area contributed by atoms with E-state index in [0.29, 0.717) is 22.2 Å². The molecule has 0 aliphatic carbocycles. The Kier molecular flexibility index (Phi) is 3.82. The van der Waals surface area contributed by atoms with Gasteiger partial charge in [-0.25, -0.2) is 4.39 Å². The fraction of sp³-hybridized carbons (Fsp3) is 0.214. The Hall–Kier alpha value is -1.61. The van der Waals surface area contributed by atoms with E-state index in [1.807, 2.05) is 6.92 Å². The zero-order valence-electron chi connectivity index (χ0n) is 9.91. The molecule has 2 aromatic rings. The van der Waals surface area contributed by atoms with Crippen LogP contribution in [0.1, 0.15) is 17.3 Å². The molecule has 0 bridgehead atoms. The van der Waals surface area contributed by atoms with E-state index >= 15 is 0 Å². The molecule has 4 heteroatoms. The van der Waals surface area contributed by atoms with E-state index in [-0.39, 0.29) is 17.8 Å². The summed E-state index contributed by atoms with van der Waals surface area (Å²) < 4.78 is 13.6. The number of rotatable bonds is 3. The smallest absolute Gasteiger partial charge is 0.252 e. The first kappa shape index (κ1) is 12.8. The molecule has 0 saturated carbocycles. The zero-order valence-corrected chi connectivity index (χ0v) is 10.7. The molecule has 18 heavy (non-hydrogen) atoms. The molecular formula is C14H13ClFNO. The largest absolute Gasteiger partial charge is 0.348 e. The number of halogens is 2. The minimum Gasteiger partial charge on any atom is -0.348 e. The Bertz CT molecular complexity index is 585. The molecule has 0 fully saturated rings. The van der Waals surface area contributed by atoms with Crippen LogP contribution in [0.3, 0.4) is 0 Å². The first-order chi connectivity index (χ1) is 8.63. The molecule has 1 amide bonds. The number of nitrogens with one attached hydrogen (secondary N) is 1. The first-order valence-corrected chi connectivity index (χ1v) is 6.21. The van der Waals surface area contributed by atoms with Crippen molar-refractivity contribution < 1.29 is 9.18 Å². The second-order valence-electron chi connectivity index (χ2n) is 4.17. The third kappa shape index (κ3) is 2.46. The van der Waals surface area contributed by atoms with Gasteiger partial charge in [0.15, 0.2) is 0 Å². The highest BCUT2D eigenvalue weighted by Gasteiger charge is 2.13. The summed E-state index contributed by atoms with van der Waals surface area (Å²) in [7, 11) is 0. The molecule has 0 heterocycles. The van der Waals surface area contributed by atoms with Crippen molar-refractivity contribution in [3.05, 3.63) is 47.8 Å². The average Bonchev–Trinajstić information content (AvgIpc) is 2.39. The molecular weight excluding hydrogens is 253 g/mol. The Balaban J connectivity index is 2.45. The van der Waals surface area contributed by atoms with E-state index in [1.165, 1.54) is 12.1 Å². The van der Waals surface area contributed by atoms with E-state index in [9.17, 15) is 9.18 Å². The van der Waals surface area contributed by atoms with Gasteiger partial charge in [-0.15, -0.1) is 11.6 Å². The lowest BCUT2D eigenvalue weighted by molar-refractivity contribution is 0.0945. The van der Waals surface area contributed by atoms with Crippen LogP contribution in [0.15, 0.2) is 36.4 Å². The number of amides is 1. The van der Waals surface area contributed by atoms with Crippen molar-refractivity contribution in [2.75, 3.05) is 5.88 Å². The highest BCUT2D eigenvalue weighted by molar-refractivity contribution is 6.18. The maximum absolute atomic E-state index is 13.6. The molecule has 0 aliphatic heterocycles. The molecule has 0 aliphatic rings. The van der Waals surface area contributed by atoms with Crippen LogP contribution in [0, 0.1) is 5.82 Å². The molecule has 0 spiro atoms. The summed E-state index contributed by atoms with van der Waals surface area (Å²) in [6.07, 6.45) is 0. The topological polar surface area (TPSA) is 29.1 Å². The third-order valence-electron chi connectivity index (χ3n) is 2.72. The van der Waals surface area contributed by atoms with Gasteiger partial charge in [-0.05, 0) is 24.4 Å². The van der Waals surface area contributed by atoms with Crippen LogP contribution in [0.4, 0.5) is 4.39 Å². The zero-order chi connectivity index (χ0) is 13.1. The third-order valence-corrected chi connectivity index (χ3v) is 3.19. The van der Waals surface area contributed by atoms with Crippen LogP contribution in [-0.4, -0.2) is 17.8 Å². The second-order valence-corrected chi connectivity index (χ2v) is 4.48. The number of carbonyl (C=O) groups excluding carboxylic acids is 1. The molecule has 1 unspecified atom stereocenters. The molecule has 0 radical (unpaired) electrons. The quantitative estimate of drug-likeness (QED) is 0.848. The number of benzene rings is 2. The van der Waals surface area contributed by atoms with Crippen LogP contribution in [0.25, 0.3) is 10.8 Å². The van der Waals surface area contributed by atoms with Crippen molar-refractivity contribution in [3.63, 3.8) is 0 Å². The summed E-state index contributed by atoms with van der Waals surface area (Å²) in [5, 5.41) is 3.82. The minimum atomic E-state index is -0.326. The Labute approximate surface area is 110 Å². The number of hydrogen-bond acceptors (Lipinski definition) is 1. The van der Waals surface area contributed by atoms with Crippen LogP contribution < -0.4 is 5.32 Å². The molecule has 94 valence electrons. The summed E-state index contributed by atoms with van der Waals surface area (Å²) in [6, 6.07) is 9.60. The van der Waals surface area contributed by atoms with Gasteiger partial charge in [0.25, 0.3) is 5.91 Å². The maximum Gasteiger partial charge on any atom is 0.252 e. The monoisotopic (exact) mass is 265 g/mol. The van der Waals surface area contributed by atoms with Gasteiger partial charge in [-0.3, -0.25) is 4.79 Å². The van der Waals surface area contributed by atoms with Crippen LogP contribution in [0.2, 0.25) is 0 Å². The van der Waals surface area contributed by atoms with Crippen LogP contribution in [-0.2, 0) is 0 Å². The van der Waals surface area contributed by atoms with E-state index in [1.54, 1.807) is 24.3 Å². The summed E-state index contributed by atoms with van der Waals surface area (Å²) in [4.78, 5) is 12.0. The predicted octanol–water partition coefficient (Wildman–Crippen LogP) is 3.34. The van der Waals surface area contributed by atoms with Crippen LogP contribution >= 0.6 is 11.6 Å². The Morgan fingerprint density at radius 2 is 1.94 bits per heavy atom. The summed E-state index contributed by atoms with van der Waals surface area (Å²) in [5.41, 5.74) is 0.462. The van der Waals surface area contributed by atoms with E-state index in [0.717, 1.165) is 0 Å². The molecule has 1 atom stereocenters. The van der Waals surface area contributed by atoms with Gasteiger partial charge in [0, 0.05) is 22.9 Å². The lowest BCUT2D eigenvalue weighted by Gasteiger charge is -2.12. The highest BCUT2D eigenvalue weighted by atomic mass is 35.5. The normalized spacial score (nSPS) is 12.4. The summed E-state index contributed by atoms with van der Waals surface area (Å²) in [6.45, 7) is 1.82. The second kappa shape index (κ2) is 5.36. The Morgan fingerprint density at radius 1 is 1.28 bits per heavy atom. The van der Waals surface area contributed by atoms with E-state index in [2.05, 4.69) is 5.32 Å². The van der Waals surface area contributed by atoms with Crippen molar-refractivity contribution in [1.29, 1.82) is 0 Å². The van der Waals surface area contributed by atoms with Crippen molar-refractivity contribution in [1.82, 2.24) is 5.32 Å². The lowest BCUT2D eigenvalue weighted by Crippen LogP contribution is -2.33. The van der Waals surface area contributed by atoms with Crippen molar-refractivity contribution in [2.24, 2.45) is 0 Å². The van der Waals surface area contributed by atoms with Crippen molar-refractivity contribution in [3.8, 4) is 0 Å². The highest BCUT2D eigenvalue weighted by Crippen LogP contribution is 2.21. The number of fused-ring (bicyclic) bond motifs is 1. The lowest BCUT2D eigenvalue weighted by atomic mass is 10.0. The SMILES string of the molecule is CC(CCl)NC(=O)c1ccc(F)c2ccccc12. The Morgan fingerprint density at radius 3 is 2.61 bits per heavy atom. The fourth-order valence-electron chi connectivity index (χ4n) is 1.80. The molecule has 0 aromatic heterocycles. The predicted molar refractivity (Wildman–Crippen MR) is 71.6 cm³/mol. The first-order valence-electron chi connectivity index (χ1n) is 5.67. The standard InChI is InChI=1S/C14H13ClFNO/c1-9(8-15)17-14(18)12-6-7-13(16)11-5-3-2-4-10(11)12/h2-7,9H,8H2,1H3,(H,17,18). The van der Waals surface area contributed by atoms with Gasteiger partial charge < -0.3 is 5.32 Å². The van der Waals surface area contributed by atoms with Crippen LogP contribution in [0.5, 0.6) is 0 Å². The van der Waals surface area contributed by atoms with Crippen molar-refractivity contribution >= 4 is 28.3 Å². The number of alkyl halides is 1.